The van der Waals surface area contributed by atoms with Crippen molar-refractivity contribution in [1.29, 1.82) is 5.41 Å². The summed E-state index contributed by atoms with van der Waals surface area (Å²) in [7, 11) is 0. The van der Waals surface area contributed by atoms with E-state index in [0.717, 1.165) is 29.5 Å². The smallest absolute Gasteiger partial charge is 0.124 e. The molecular weight excluding hydrogens is 335 g/mol. The minimum absolute atomic E-state index is 0. The number of hydrogen-bond acceptors (Lipinski definition) is 2. The first kappa shape index (κ1) is 16.6. The van der Waals surface area contributed by atoms with Gasteiger partial charge < -0.3 is 5.11 Å². The van der Waals surface area contributed by atoms with Crippen LogP contribution >= 0.6 is 0 Å². The third-order valence-corrected chi connectivity index (χ3v) is 3.42. The van der Waals surface area contributed by atoms with Crippen LogP contribution in [0, 0.1) is 5.41 Å². The van der Waals surface area contributed by atoms with Crippen molar-refractivity contribution in [1.82, 2.24) is 0 Å². The summed E-state index contributed by atoms with van der Waals surface area (Å²) in [6.45, 7) is 4.19. The maximum Gasteiger partial charge on any atom is 0.124 e. The number of phenolic OH excluding ortho intramolecular Hbond substituents is 1. The molecule has 2 nitrogen and oxygen atoms in total. The summed E-state index contributed by atoms with van der Waals surface area (Å²) in [5.41, 5.74) is 4.29. The van der Waals surface area contributed by atoms with Gasteiger partial charge in [-0.2, -0.15) is 0 Å². The number of aryl methyl sites for hydroxylation is 2. The number of benzene rings is 2. The molecule has 0 atom stereocenters. The molecule has 2 aromatic rings. The molecule has 0 fully saturated rings. The van der Waals surface area contributed by atoms with Crippen LogP contribution in [0.15, 0.2) is 42.5 Å². The minimum atomic E-state index is 0. The summed E-state index contributed by atoms with van der Waals surface area (Å²) in [5, 5.41) is 18.4. The van der Waals surface area contributed by atoms with Crippen LogP contribution in [0.25, 0.3) is 0 Å². The predicted octanol–water partition coefficient (Wildman–Crippen LogP) is 3.93. The van der Waals surface area contributed by atoms with Crippen molar-refractivity contribution in [3.05, 3.63) is 64.7 Å². The van der Waals surface area contributed by atoms with Crippen molar-refractivity contribution < 1.29 is 24.6 Å². The molecule has 0 radical (unpaired) electrons. The van der Waals surface area contributed by atoms with E-state index in [0.29, 0.717) is 11.3 Å². The van der Waals surface area contributed by atoms with E-state index >= 15 is 0 Å². The summed E-state index contributed by atoms with van der Waals surface area (Å²) in [6, 6.07) is 13.2. The Kier molecular flexibility index (Phi) is 6.10. The van der Waals surface area contributed by atoms with Crippen molar-refractivity contribution in [3.8, 4) is 5.75 Å². The Morgan fingerprint density at radius 3 is 2.00 bits per heavy atom. The van der Waals surface area contributed by atoms with E-state index < -0.39 is 0 Å². The van der Waals surface area contributed by atoms with E-state index in [9.17, 15) is 5.11 Å². The Hall–Kier alpha value is -1.47. The number of para-hydroxylation sites is 1. The average molecular weight is 354 g/mol. The third-order valence-electron chi connectivity index (χ3n) is 3.42. The largest absolute Gasteiger partial charge is 0.507 e. The molecule has 2 aromatic carbocycles. The van der Waals surface area contributed by atoms with Crippen LogP contribution in [0.1, 0.15) is 36.1 Å². The topological polar surface area (TPSA) is 44.1 Å². The van der Waals surface area contributed by atoms with E-state index in [1.54, 1.807) is 18.2 Å². The van der Waals surface area contributed by atoms with Crippen molar-refractivity contribution in [2.24, 2.45) is 0 Å². The van der Waals surface area contributed by atoms with Crippen molar-refractivity contribution >= 4 is 5.71 Å². The van der Waals surface area contributed by atoms with Crippen LogP contribution in [0.2, 0.25) is 0 Å². The van der Waals surface area contributed by atoms with Gasteiger partial charge in [0.1, 0.15) is 5.75 Å². The van der Waals surface area contributed by atoms with Gasteiger partial charge in [-0.1, -0.05) is 44.2 Å². The zero-order valence-electron chi connectivity index (χ0n) is 11.8. The van der Waals surface area contributed by atoms with E-state index in [1.807, 2.05) is 12.1 Å². The quantitative estimate of drug-likeness (QED) is 0.634. The predicted molar refractivity (Wildman–Crippen MR) is 79.2 cm³/mol. The fourth-order valence-corrected chi connectivity index (χ4v) is 2.38. The molecule has 0 aliphatic heterocycles. The molecule has 0 aliphatic carbocycles. The van der Waals surface area contributed by atoms with Gasteiger partial charge in [-0.15, -0.1) is 0 Å². The van der Waals surface area contributed by atoms with E-state index in [-0.39, 0.29) is 25.2 Å². The molecule has 0 saturated carbocycles. The Bertz CT molecular complexity index is 585. The molecule has 0 aromatic heterocycles. The summed E-state index contributed by atoms with van der Waals surface area (Å²) in [4.78, 5) is 0. The van der Waals surface area contributed by atoms with Crippen LogP contribution in [-0.4, -0.2) is 10.8 Å². The normalized spacial score (nSPS) is 9.90. The van der Waals surface area contributed by atoms with Crippen LogP contribution in [-0.2, 0) is 32.3 Å². The molecule has 0 heterocycles. The minimum Gasteiger partial charge on any atom is -0.507 e. The van der Waals surface area contributed by atoms with Gasteiger partial charge in [-0.3, -0.25) is 5.41 Å². The number of aromatic hydroxyl groups is 1. The van der Waals surface area contributed by atoms with Gasteiger partial charge in [0.05, 0.1) is 5.71 Å². The van der Waals surface area contributed by atoms with Crippen LogP contribution < -0.4 is 0 Å². The molecule has 0 bridgehead atoms. The van der Waals surface area contributed by atoms with Gasteiger partial charge in [0.15, 0.2) is 0 Å². The number of rotatable bonds is 4. The summed E-state index contributed by atoms with van der Waals surface area (Å²) in [6.07, 6.45) is 1.78. The second-order valence-electron chi connectivity index (χ2n) is 4.55. The van der Waals surface area contributed by atoms with Gasteiger partial charge in [-0.25, -0.2) is 0 Å². The second kappa shape index (κ2) is 7.35. The second-order valence-corrected chi connectivity index (χ2v) is 4.55. The van der Waals surface area contributed by atoms with E-state index in [1.165, 1.54) is 0 Å². The van der Waals surface area contributed by atoms with E-state index in [4.69, 9.17) is 5.41 Å². The number of hydrogen-bond donors (Lipinski definition) is 2. The van der Waals surface area contributed by atoms with Crippen molar-refractivity contribution in [2.45, 2.75) is 26.7 Å². The van der Waals surface area contributed by atoms with Crippen LogP contribution in [0.3, 0.4) is 0 Å². The van der Waals surface area contributed by atoms with Crippen molar-refractivity contribution in [2.75, 3.05) is 0 Å². The first-order valence-corrected chi connectivity index (χ1v) is 6.67. The van der Waals surface area contributed by atoms with Crippen LogP contribution in [0.4, 0.5) is 0 Å². The Morgan fingerprint density at radius 2 is 1.50 bits per heavy atom. The van der Waals surface area contributed by atoms with Gasteiger partial charge in [0.25, 0.3) is 0 Å². The first-order chi connectivity index (χ1) is 9.19. The van der Waals surface area contributed by atoms with E-state index in [2.05, 4.69) is 26.0 Å². The fraction of sp³-hybridized carbons (Fsp3) is 0.235. The number of nitrogens with one attached hydrogen (secondary N) is 1. The molecule has 2 N–H and O–H groups in total. The van der Waals surface area contributed by atoms with Crippen LogP contribution in [0.5, 0.6) is 5.75 Å². The molecule has 106 valence electrons. The SMILES string of the molecule is CCc1cccc(CC)c1C(=N)c1ccccc1O.[Ru]. The molecule has 0 unspecified atom stereocenters. The molecule has 20 heavy (non-hydrogen) atoms. The summed E-state index contributed by atoms with van der Waals surface area (Å²) >= 11 is 0. The van der Waals surface area contributed by atoms with Gasteiger partial charge in [0.2, 0.25) is 0 Å². The zero-order chi connectivity index (χ0) is 13.8. The van der Waals surface area contributed by atoms with Crippen molar-refractivity contribution in [3.63, 3.8) is 0 Å². The molecule has 0 saturated heterocycles. The summed E-state index contributed by atoms with van der Waals surface area (Å²) in [5.74, 6) is 0.167. The molecular formula is C17H19NORu. The maximum atomic E-state index is 9.93. The first-order valence-electron chi connectivity index (χ1n) is 6.67. The Labute approximate surface area is 133 Å². The maximum absolute atomic E-state index is 9.93. The molecule has 0 spiro atoms. The zero-order valence-corrected chi connectivity index (χ0v) is 13.5. The Morgan fingerprint density at radius 1 is 0.950 bits per heavy atom. The Balaban J connectivity index is 0.00000200. The fourth-order valence-electron chi connectivity index (χ4n) is 2.38. The third kappa shape index (κ3) is 3.16. The number of phenols is 1. The monoisotopic (exact) mass is 355 g/mol. The molecule has 0 aliphatic rings. The average Bonchev–Trinajstić information content (AvgIpc) is 2.46. The standard InChI is InChI=1S/C17H19NO.Ru/c1-3-12-8-7-9-13(4-2)16(12)17(18)14-10-5-6-11-15(14)19;/h5-11,18-19H,3-4H2,1-2H3;. The van der Waals surface area contributed by atoms with Gasteiger partial charge in [0, 0.05) is 30.6 Å². The van der Waals surface area contributed by atoms with Gasteiger partial charge in [-0.05, 0) is 36.1 Å². The molecule has 0 amide bonds. The van der Waals surface area contributed by atoms with Gasteiger partial charge >= 0.3 is 0 Å². The molecule has 2 rings (SSSR count). The summed E-state index contributed by atoms with van der Waals surface area (Å²) < 4.78 is 0. The molecule has 3 heteroatoms.